The summed E-state index contributed by atoms with van der Waals surface area (Å²) < 4.78 is 24.6. The van der Waals surface area contributed by atoms with Crippen LogP contribution >= 0.6 is 0 Å². The highest BCUT2D eigenvalue weighted by Crippen LogP contribution is 2.33. The van der Waals surface area contributed by atoms with Gasteiger partial charge in [-0.15, -0.1) is 0 Å². The maximum absolute atomic E-state index is 13.0. The van der Waals surface area contributed by atoms with Gasteiger partial charge in [-0.2, -0.15) is 0 Å². The second kappa shape index (κ2) is 8.87. The van der Waals surface area contributed by atoms with Gasteiger partial charge in [-0.1, -0.05) is 24.3 Å². The van der Waals surface area contributed by atoms with Crippen molar-refractivity contribution in [1.29, 1.82) is 0 Å². The van der Waals surface area contributed by atoms with E-state index in [0.717, 1.165) is 5.56 Å². The lowest BCUT2D eigenvalue weighted by Crippen LogP contribution is -2.48. The zero-order valence-electron chi connectivity index (χ0n) is 16.8. The molecule has 0 saturated carbocycles. The standard InChI is InChI=1S/C24H21FN2O4/c1-15-22(31-21-8-3-2-7-20(21)30-15)24(29)26-14-16-5-4-6-19(13-16)27-23(28)17-9-11-18(25)12-10-17/h2-13,15,22H,14H2,1H3,(H,26,29)(H,27,28). The van der Waals surface area contributed by atoms with Gasteiger partial charge in [0.25, 0.3) is 11.8 Å². The highest BCUT2D eigenvalue weighted by Gasteiger charge is 2.33. The number of halogens is 1. The van der Waals surface area contributed by atoms with Crippen LogP contribution in [0.25, 0.3) is 0 Å². The predicted molar refractivity (Wildman–Crippen MR) is 114 cm³/mol. The number of benzene rings is 3. The van der Waals surface area contributed by atoms with E-state index in [1.54, 1.807) is 37.3 Å². The fourth-order valence-corrected chi connectivity index (χ4v) is 3.26. The van der Waals surface area contributed by atoms with Gasteiger partial charge in [-0.3, -0.25) is 9.59 Å². The Morgan fingerprint density at radius 2 is 1.65 bits per heavy atom. The Labute approximate surface area is 179 Å². The largest absolute Gasteiger partial charge is 0.482 e. The number of hydrogen-bond donors (Lipinski definition) is 2. The maximum Gasteiger partial charge on any atom is 0.265 e. The summed E-state index contributed by atoms with van der Waals surface area (Å²) in [4.78, 5) is 25.0. The second-order valence-corrected chi connectivity index (χ2v) is 7.19. The number of nitrogens with one attached hydrogen (secondary N) is 2. The van der Waals surface area contributed by atoms with E-state index in [2.05, 4.69) is 10.6 Å². The lowest BCUT2D eigenvalue weighted by Gasteiger charge is -2.31. The van der Waals surface area contributed by atoms with E-state index in [9.17, 15) is 14.0 Å². The van der Waals surface area contributed by atoms with Crippen LogP contribution in [0.4, 0.5) is 10.1 Å². The molecule has 7 heteroatoms. The van der Waals surface area contributed by atoms with Crippen LogP contribution in [0.15, 0.2) is 72.8 Å². The van der Waals surface area contributed by atoms with E-state index in [1.807, 2.05) is 18.2 Å². The van der Waals surface area contributed by atoms with Crippen LogP contribution in [-0.2, 0) is 11.3 Å². The molecule has 6 nitrogen and oxygen atoms in total. The smallest absolute Gasteiger partial charge is 0.265 e. The van der Waals surface area contributed by atoms with Crippen LogP contribution in [0.2, 0.25) is 0 Å². The Morgan fingerprint density at radius 3 is 2.39 bits per heavy atom. The van der Waals surface area contributed by atoms with E-state index in [4.69, 9.17) is 9.47 Å². The molecule has 0 fully saturated rings. The molecule has 0 aliphatic carbocycles. The minimum absolute atomic E-state index is 0.257. The Bertz CT molecular complexity index is 1100. The number of amides is 2. The fourth-order valence-electron chi connectivity index (χ4n) is 3.26. The van der Waals surface area contributed by atoms with Crippen LogP contribution in [0, 0.1) is 5.82 Å². The van der Waals surface area contributed by atoms with Crippen LogP contribution in [-0.4, -0.2) is 24.0 Å². The highest BCUT2D eigenvalue weighted by molar-refractivity contribution is 6.04. The Balaban J connectivity index is 1.36. The van der Waals surface area contributed by atoms with Crippen molar-refractivity contribution in [2.45, 2.75) is 25.7 Å². The number of carbonyl (C=O) groups is 2. The summed E-state index contributed by atoms with van der Waals surface area (Å²) in [6.45, 7) is 2.04. The third-order valence-electron chi connectivity index (χ3n) is 4.86. The van der Waals surface area contributed by atoms with Crippen molar-refractivity contribution in [1.82, 2.24) is 5.32 Å². The molecule has 0 bridgehead atoms. The number of ether oxygens (including phenoxy) is 2. The molecule has 2 N–H and O–H groups in total. The van der Waals surface area contributed by atoms with E-state index in [1.165, 1.54) is 24.3 Å². The first-order valence-corrected chi connectivity index (χ1v) is 9.85. The van der Waals surface area contributed by atoms with Gasteiger partial charge in [0.2, 0.25) is 6.10 Å². The van der Waals surface area contributed by atoms with E-state index >= 15 is 0 Å². The molecule has 2 atom stereocenters. The van der Waals surface area contributed by atoms with Gasteiger partial charge in [0, 0.05) is 17.8 Å². The highest BCUT2D eigenvalue weighted by atomic mass is 19.1. The third-order valence-corrected chi connectivity index (χ3v) is 4.86. The Morgan fingerprint density at radius 1 is 0.935 bits per heavy atom. The summed E-state index contributed by atoms with van der Waals surface area (Å²) in [5, 5.41) is 5.62. The average Bonchev–Trinajstić information content (AvgIpc) is 2.77. The number of anilines is 1. The first-order valence-electron chi connectivity index (χ1n) is 9.85. The lowest BCUT2D eigenvalue weighted by atomic mass is 10.1. The molecule has 0 aromatic heterocycles. The van der Waals surface area contributed by atoms with Crippen LogP contribution in [0.1, 0.15) is 22.8 Å². The first-order chi connectivity index (χ1) is 15.0. The first kappa shape index (κ1) is 20.4. The second-order valence-electron chi connectivity index (χ2n) is 7.19. The van der Waals surface area contributed by atoms with Crippen molar-refractivity contribution < 1.29 is 23.5 Å². The van der Waals surface area contributed by atoms with Crippen LogP contribution in [0.5, 0.6) is 11.5 Å². The van der Waals surface area contributed by atoms with Crippen molar-refractivity contribution in [3.8, 4) is 11.5 Å². The van der Waals surface area contributed by atoms with Gasteiger partial charge in [0.1, 0.15) is 11.9 Å². The number of fused-ring (bicyclic) bond motifs is 1. The molecule has 1 aliphatic rings. The molecule has 0 radical (unpaired) electrons. The normalized spacial score (nSPS) is 17.0. The molecule has 1 aliphatic heterocycles. The summed E-state index contributed by atoms with van der Waals surface area (Å²) in [7, 11) is 0. The van der Waals surface area contributed by atoms with Crippen molar-refractivity contribution in [2.24, 2.45) is 0 Å². The van der Waals surface area contributed by atoms with Gasteiger partial charge in [-0.05, 0) is 61.0 Å². The van der Waals surface area contributed by atoms with Crippen LogP contribution < -0.4 is 20.1 Å². The number of carbonyl (C=O) groups excluding carboxylic acids is 2. The molecular weight excluding hydrogens is 399 g/mol. The maximum atomic E-state index is 13.0. The van der Waals surface area contributed by atoms with E-state index < -0.39 is 18.0 Å². The molecule has 2 amide bonds. The zero-order chi connectivity index (χ0) is 21.8. The van der Waals surface area contributed by atoms with Crippen molar-refractivity contribution in [3.05, 3.63) is 89.7 Å². The summed E-state index contributed by atoms with van der Waals surface area (Å²) in [5.41, 5.74) is 1.72. The van der Waals surface area contributed by atoms with Gasteiger partial charge in [0.05, 0.1) is 0 Å². The molecule has 4 rings (SSSR count). The molecule has 3 aromatic rings. The molecule has 3 aromatic carbocycles. The van der Waals surface area contributed by atoms with Gasteiger partial charge in [0.15, 0.2) is 11.5 Å². The topological polar surface area (TPSA) is 76.7 Å². The third kappa shape index (κ3) is 4.83. The zero-order valence-corrected chi connectivity index (χ0v) is 16.8. The predicted octanol–water partition coefficient (Wildman–Crippen LogP) is 3.92. The lowest BCUT2D eigenvalue weighted by molar-refractivity contribution is -0.133. The fraction of sp³-hybridized carbons (Fsp3) is 0.167. The SMILES string of the molecule is CC1Oc2ccccc2OC1C(=O)NCc1cccc(NC(=O)c2ccc(F)cc2)c1. The van der Waals surface area contributed by atoms with Crippen molar-refractivity contribution in [2.75, 3.05) is 5.32 Å². The molecule has 1 heterocycles. The average molecular weight is 420 g/mol. The van der Waals surface area contributed by atoms with Gasteiger partial charge < -0.3 is 20.1 Å². The number of para-hydroxylation sites is 2. The quantitative estimate of drug-likeness (QED) is 0.656. The number of rotatable bonds is 5. The van der Waals surface area contributed by atoms with Crippen molar-refractivity contribution >= 4 is 17.5 Å². The Hall–Kier alpha value is -3.87. The summed E-state index contributed by atoms with van der Waals surface area (Å²) in [6, 6.07) is 19.6. The summed E-state index contributed by atoms with van der Waals surface area (Å²) in [5.74, 6) is 0.110. The molecular formula is C24H21FN2O4. The van der Waals surface area contributed by atoms with E-state index in [-0.39, 0.29) is 18.4 Å². The monoisotopic (exact) mass is 420 g/mol. The molecule has 31 heavy (non-hydrogen) atoms. The summed E-state index contributed by atoms with van der Waals surface area (Å²) in [6.07, 6.45) is -1.20. The Kier molecular flexibility index (Phi) is 5.84. The van der Waals surface area contributed by atoms with Gasteiger partial charge >= 0.3 is 0 Å². The molecule has 0 saturated heterocycles. The minimum Gasteiger partial charge on any atom is -0.482 e. The van der Waals surface area contributed by atoms with Crippen molar-refractivity contribution in [3.63, 3.8) is 0 Å². The minimum atomic E-state index is -0.767. The summed E-state index contributed by atoms with van der Waals surface area (Å²) >= 11 is 0. The molecule has 0 spiro atoms. The van der Waals surface area contributed by atoms with Crippen LogP contribution in [0.3, 0.4) is 0 Å². The van der Waals surface area contributed by atoms with Gasteiger partial charge in [-0.25, -0.2) is 4.39 Å². The molecule has 2 unspecified atom stereocenters. The molecule has 158 valence electrons. The number of hydrogen-bond acceptors (Lipinski definition) is 4. The van der Waals surface area contributed by atoms with E-state index in [0.29, 0.717) is 22.7 Å².